The predicted octanol–water partition coefficient (Wildman–Crippen LogP) is 2.82. The topological polar surface area (TPSA) is 104 Å². The van der Waals surface area contributed by atoms with E-state index in [1.54, 1.807) is 49.4 Å². The highest BCUT2D eigenvalue weighted by atomic mass is 35.5. The van der Waals surface area contributed by atoms with E-state index in [0.29, 0.717) is 30.1 Å². The van der Waals surface area contributed by atoms with E-state index in [0.717, 1.165) is 20.4 Å². The zero-order chi connectivity index (χ0) is 25.8. The number of carbonyl (C=O) groups excluding carboxylic acids is 2. The Bertz CT molecular complexity index is 1400. The van der Waals surface area contributed by atoms with Gasteiger partial charge in [0, 0.05) is 18.1 Å². The molecule has 36 heavy (non-hydrogen) atoms. The van der Waals surface area contributed by atoms with Crippen LogP contribution in [0.4, 0.5) is 0 Å². The summed E-state index contributed by atoms with van der Waals surface area (Å²) in [6, 6.07) is 14.0. The molecule has 0 spiro atoms. The minimum Gasteiger partial charge on any atom is -0.466 e. The number of carbonyl (C=O) groups is 2. The molecule has 1 atom stereocenters. The molecular weight excluding hydrogens is 484 g/mol. The van der Waals surface area contributed by atoms with Gasteiger partial charge >= 0.3 is 11.7 Å². The first-order chi connectivity index (χ1) is 17.3. The quantitative estimate of drug-likeness (QED) is 0.472. The molecule has 1 fully saturated rings. The molecule has 0 radical (unpaired) electrons. The lowest BCUT2D eigenvalue weighted by Gasteiger charge is -2.31. The van der Waals surface area contributed by atoms with Crippen molar-refractivity contribution in [3.63, 3.8) is 0 Å². The van der Waals surface area contributed by atoms with Crippen molar-refractivity contribution in [2.75, 3.05) is 19.7 Å². The molecule has 10 heteroatoms. The molecular formula is C26H27ClN4O5. The molecule has 1 saturated heterocycles. The normalized spacial score (nSPS) is 15.5. The number of likely N-dealkylation sites (tertiary alicyclic amines) is 1. The summed E-state index contributed by atoms with van der Waals surface area (Å²) >= 11 is 6.28. The van der Waals surface area contributed by atoms with Gasteiger partial charge in [-0.1, -0.05) is 48.0 Å². The van der Waals surface area contributed by atoms with E-state index in [-0.39, 0.29) is 25.7 Å². The summed E-state index contributed by atoms with van der Waals surface area (Å²) in [6.07, 6.45) is 1.18. The number of nitrogens with zero attached hydrogens (tertiary/aromatic N) is 4. The maximum absolute atomic E-state index is 13.5. The highest BCUT2D eigenvalue weighted by molar-refractivity contribution is 6.31. The van der Waals surface area contributed by atoms with Crippen LogP contribution in [-0.4, -0.2) is 50.8 Å². The van der Waals surface area contributed by atoms with Gasteiger partial charge in [-0.3, -0.25) is 19.0 Å². The second-order valence-electron chi connectivity index (χ2n) is 8.70. The summed E-state index contributed by atoms with van der Waals surface area (Å²) in [7, 11) is 0. The molecule has 0 saturated carbocycles. The van der Waals surface area contributed by atoms with Crippen LogP contribution in [0.2, 0.25) is 5.02 Å². The zero-order valence-electron chi connectivity index (χ0n) is 20.1. The predicted molar refractivity (Wildman–Crippen MR) is 135 cm³/mol. The van der Waals surface area contributed by atoms with Gasteiger partial charge < -0.3 is 9.64 Å². The van der Waals surface area contributed by atoms with Crippen LogP contribution in [0.15, 0.2) is 58.1 Å². The van der Waals surface area contributed by atoms with Crippen LogP contribution in [-0.2, 0) is 16.1 Å². The highest BCUT2D eigenvalue weighted by Gasteiger charge is 2.32. The maximum Gasteiger partial charge on any atom is 0.352 e. The van der Waals surface area contributed by atoms with Crippen molar-refractivity contribution in [3.05, 3.63) is 91.2 Å². The third-order valence-electron chi connectivity index (χ3n) is 6.17. The lowest BCUT2D eigenvalue weighted by Crippen LogP contribution is -2.49. The molecule has 0 bridgehead atoms. The number of piperidine rings is 1. The van der Waals surface area contributed by atoms with Crippen LogP contribution in [0, 0.1) is 12.8 Å². The fourth-order valence-corrected chi connectivity index (χ4v) is 4.37. The van der Waals surface area contributed by atoms with Crippen molar-refractivity contribution in [2.24, 2.45) is 5.92 Å². The average molecular weight is 511 g/mol. The number of benzene rings is 2. The van der Waals surface area contributed by atoms with Gasteiger partial charge in [-0.15, -0.1) is 0 Å². The molecule has 2 heterocycles. The lowest BCUT2D eigenvalue weighted by molar-refractivity contribution is -0.149. The van der Waals surface area contributed by atoms with Gasteiger partial charge in [0.2, 0.25) is 5.69 Å². The van der Waals surface area contributed by atoms with Crippen LogP contribution in [0.3, 0.4) is 0 Å². The third-order valence-corrected chi connectivity index (χ3v) is 6.58. The maximum atomic E-state index is 13.5. The minimum atomic E-state index is -0.790. The molecule has 4 rings (SSSR count). The molecule has 1 amide bonds. The standard InChI is InChI=1S/C26H27ClN4O5/c1-3-36-25(34)19-10-7-13-29(16-19)23(32)22-24(33)30(15-18-8-5-4-6-9-18)26(35)31(28-22)20-12-11-17(2)21(27)14-20/h4-6,8-9,11-12,14,19H,3,7,10,13,15-16H2,1-2H3. The largest absolute Gasteiger partial charge is 0.466 e. The lowest BCUT2D eigenvalue weighted by atomic mass is 9.98. The van der Waals surface area contributed by atoms with E-state index in [1.165, 1.54) is 4.90 Å². The summed E-state index contributed by atoms with van der Waals surface area (Å²) < 4.78 is 7.14. The van der Waals surface area contributed by atoms with Gasteiger partial charge in [0.05, 0.1) is 24.8 Å². The fourth-order valence-electron chi connectivity index (χ4n) is 4.20. The van der Waals surface area contributed by atoms with Gasteiger partial charge in [0.1, 0.15) is 0 Å². The number of esters is 1. The van der Waals surface area contributed by atoms with Crippen molar-refractivity contribution in [2.45, 2.75) is 33.2 Å². The van der Waals surface area contributed by atoms with E-state index in [1.807, 2.05) is 13.0 Å². The minimum absolute atomic E-state index is 0.0354. The Morgan fingerprint density at radius 3 is 2.58 bits per heavy atom. The average Bonchev–Trinajstić information content (AvgIpc) is 2.89. The van der Waals surface area contributed by atoms with Gasteiger partial charge in [0.15, 0.2) is 0 Å². The van der Waals surface area contributed by atoms with Crippen molar-refractivity contribution in [1.29, 1.82) is 0 Å². The summed E-state index contributed by atoms with van der Waals surface area (Å²) in [6.45, 7) is 4.25. The summed E-state index contributed by atoms with van der Waals surface area (Å²) in [5, 5.41) is 4.62. The van der Waals surface area contributed by atoms with Gasteiger partial charge in [-0.25, -0.2) is 4.79 Å². The Morgan fingerprint density at radius 2 is 1.89 bits per heavy atom. The van der Waals surface area contributed by atoms with E-state index in [4.69, 9.17) is 16.3 Å². The second-order valence-corrected chi connectivity index (χ2v) is 9.10. The van der Waals surface area contributed by atoms with Gasteiger partial charge in [-0.05, 0) is 49.9 Å². The number of hydrogen-bond acceptors (Lipinski definition) is 6. The van der Waals surface area contributed by atoms with Crippen molar-refractivity contribution in [3.8, 4) is 5.69 Å². The van der Waals surface area contributed by atoms with Crippen molar-refractivity contribution in [1.82, 2.24) is 19.2 Å². The molecule has 1 aromatic heterocycles. The van der Waals surface area contributed by atoms with E-state index in [9.17, 15) is 19.2 Å². The Labute approximate surface area is 212 Å². The molecule has 3 aromatic rings. The molecule has 188 valence electrons. The van der Waals surface area contributed by atoms with Crippen LogP contribution < -0.4 is 11.2 Å². The fraction of sp³-hybridized carbons (Fsp3) is 0.346. The Balaban J connectivity index is 1.80. The first kappa shape index (κ1) is 25.4. The molecule has 0 aliphatic carbocycles. The number of halogens is 1. The number of aromatic nitrogens is 3. The van der Waals surface area contributed by atoms with Gasteiger partial charge in [0.25, 0.3) is 11.5 Å². The monoisotopic (exact) mass is 510 g/mol. The second kappa shape index (κ2) is 10.9. The Kier molecular flexibility index (Phi) is 7.69. The van der Waals surface area contributed by atoms with Crippen molar-refractivity contribution < 1.29 is 14.3 Å². The summed E-state index contributed by atoms with van der Waals surface area (Å²) in [5.41, 5.74) is -0.0259. The summed E-state index contributed by atoms with van der Waals surface area (Å²) in [4.78, 5) is 54.0. The summed E-state index contributed by atoms with van der Waals surface area (Å²) in [5.74, 6) is -1.48. The first-order valence-corrected chi connectivity index (χ1v) is 12.2. The molecule has 2 aromatic carbocycles. The van der Waals surface area contributed by atoms with E-state index in [2.05, 4.69) is 5.10 Å². The Morgan fingerprint density at radius 1 is 1.14 bits per heavy atom. The molecule has 9 nitrogen and oxygen atoms in total. The highest BCUT2D eigenvalue weighted by Crippen LogP contribution is 2.20. The molecule has 0 N–H and O–H groups in total. The SMILES string of the molecule is CCOC(=O)C1CCCN(C(=O)c2nn(-c3ccc(C)c(Cl)c3)c(=O)n(Cc3ccccc3)c2=O)C1. The number of rotatable bonds is 6. The number of ether oxygens (including phenoxy) is 1. The molecule has 1 aliphatic heterocycles. The van der Waals surface area contributed by atoms with Gasteiger partial charge in [-0.2, -0.15) is 9.78 Å². The van der Waals surface area contributed by atoms with Crippen LogP contribution in [0.25, 0.3) is 5.69 Å². The number of hydrogen-bond donors (Lipinski definition) is 0. The number of aryl methyl sites for hydroxylation is 1. The van der Waals surface area contributed by atoms with E-state index < -0.39 is 28.8 Å². The van der Waals surface area contributed by atoms with Crippen LogP contribution in [0.5, 0.6) is 0 Å². The first-order valence-electron chi connectivity index (χ1n) is 11.8. The molecule has 1 unspecified atom stereocenters. The van der Waals surface area contributed by atoms with Crippen LogP contribution in [0.1, 0.15) is 41.4 Å². The smallest absolute Gasteiger partial charge is 0.352 e. The zero-order valence-corrected chi connectivity index (χ0v) is 20.9. The third kappa shape index (κ3) is 5.26. The van der Waals surface area contributed by atoms with Crippen molar-refractivity contribution >= 4 is 23.5 Å². The molecule has 1 aliphatic rings. The van der Waals surface area contributed by atoms with E-state index >= 15 is 0 Å². The number of amides is 1. The van der Waals surface area contributed by atoms with Crippen LogP contribution >= 0.6 is 11.6 Å². The Hall–Kier alpha value is -3.72.